The summed E-state index contributed by atoms with van der Waals surface area (Å²) in [5.41, 5.74) is 5.41. The third-order valence-electron chi connectivity index (χ3n) is 4.69. The number of aliphatic hydroxyl groups is 1. The number of nitrogen functional groups attached to an aromatic ring is 1. The Morgan fingerprint density at radius 3 is 3.00 bits per heavy atom. The molecule has 2 aromatic rings. The number of ether oxygens (including phenoxy) is 1. The molecule has 2 aliphatic rings. The van der Waals surface area contributed by atoms with Gasteiger partial charge in [-0.25, -0.2) is 9.18 Å². The summed E-state index contributed by atoms with van der Waals surface area (Å²) in [4.78, 5) is 26.2. The van der Waals surface area contributed by atoms with Crippen molar-refractivity contribution in [2.24, 2.45) is 0 Å². The van der Waals surface area contributed by atoms with Gasteiger partial charge in [0.05, 0.1) is 12.4 Å². The molecule has 0 amide bonds. The van der Waals surface area contributed by atoms with Gasteiger partial charge >= 0.3 is 13.9 Å². The van der Waals surface area contributed by atoms with Crippen molar-refractivity contribution in [1.29, 1.82) is 0 Å². The molecule has 4 rings (SSSR count). The van der Waals surface area contributed by atoms with Crippen molar-refractivity contribution in [1.82, 2.24) is 9.55 Å². The highest BCUT2D eigenvalue weighted by molar-refractivity contribution is 8.00. The molecule has 0 spiro atoms. The molecule has 3 heterocycles. The Labute approximate surface area is 175 Å². The van der Waals surface area contributed by atoms with Crippen molar-refractivity contribution < 1.29 is 32.7 Å². The number of hydrogen-bond donors (Lipinski definition) is 3. The van der Waals surface area contributed by atoms with Gasteiger partial charge in [-0.1, -0.05) is 12.1 Å². The number of halogens is 1. The minimum absolute atomic E-state index is 0.0180. The first-order valence-corrected chi connectivity index (χ1v) is 11.3. The predicted octanol–water partition coefficient (Wildman–Crippen LogP) is 1.44. The maximum atomic E-state index is 14.7. The largest absolute Gasteiger partial charge is 0.619 e. The van der Waals surface area contributed by atoms with Crippen molar-refractivity contribution in [3.05, 3.63) is 46.5 Å². The molecule has 5 atom stereocenters. The molecule has 1 fully saturated rings. The molecule has 30 heavy (non-hydrogen) atoms. The normalized spacial score (nSPS) is 30.5. The van der Waals surface area contributed by atoms with Gasteiger partial charge in [-0.2, -0.15) is 9.88 Å². The first-order valence-electron chi connectivity index (χ1n) is 8.90. The lowest BCUT2D eigenvalue weighted by Gasteiger charge is -2.23. The molecular weight excluding hydrogens is 440 g/mol. The smallest absolute Gasteiger partial charge is 0.493 e. The molecule has 0 aliphatic carbocycles. The molecule has 1 saturated heterocycles. The molecule has 4 N–H and O–H groups in total. The van der Waals surface area contributed by atoms with Gasteiger partial charge in [-0.05, 0) is 12.1 Å². The molecular formula is C17H20FN3O7PS+. The Kier molecular flexibility index (Phi) is 5.88. The molecule has 1 aromatic heterocycles. The van der Waals surface area contributed by atoms with Crippen molar-refractivity contribution in [2.45, 2.75) is 29.5 Å². The summed E-state index contributed by atoms with van der Waals surface area (Å²) in [5, 5.41) is 8.48. The monoisotopic (exact) mass is 460 g/mol. The molecule has 13 heteroatoms. The van der Waals surface area contributed by atoms with E-state index in [1.807, 2.05) is 0 Å². The van der Waals surface area contributed by atoms with Crippen LogP contribution in [0.25, 0.3) is 0 Å². The number of para-hydroxylation sites is 1. The summed E-state index contributed by atoms with van der Waals surface area (Å²) >= 11 is 0.984. The molecule has 10 nitrogen and oxygen atoms in total. The fraction of sp³-hybridized carbons (Fsp3) is 0.412. The molecule has 2 aliphatic heterocycles. The van der Waals surface area contributed by atoms with E-state index < -0.39 is 36.8 Å². The van der Waals surface area contributed by atoms with E-state index in [0.717, 1.165) is 16.3 Å². The van der Waals surface area contributed by atoms with Gasteiger partial charge in [0.2, 0.25) is 5.75 Å². The number of methoxy groups -OCH3 is 1. The molecule has 162 valence electrons. The van der Waals surface area contributed by atoms with Gasteiger partial charge in [-0.15, -0.1) is 20.8 Å². The number of nitrogens with zero attached hydrogens (tertiary/aromatic N) is 2. The lowest BCUT2D eigenvalue weighted by Crippen LogP contribution is -2.34. The number of hydrogen-bond acceptors (Lipinski definition) is 10. The van der Waals surface area contributed by atoms with Crippen LogP contribution in [-0.4, -0.2) is 50.8 Å². The van der Waals surface area contributed by atoms with Gasteiger partial charge in [0.25, 0.3) is 0 Å². The predicted molar refractivity (Wildman–Crippen MR) is 108 cm³/mol. The summed E-state index contributed by atoms with van der Waals surface area (Å²) in [6, 6.07) is 6.55. The fourth-order valence-electron chi connectivity index (χ4n) is 3.15. The summed E-state index contributed by atoms with van der Waals surface area (Å²) in [7, 11) is -2.30. The highest BCUT2D eigenvalue weighted by atomic mass is 32.2. The Balaban J connectivity index is 1.45. The van der Waals surface area contributed by atoms with E-state index >= 15 is 0 Å². The fourth-order valence-corrected chi connectivity index (χ4v) is 5.94. The second-order valence-electron chi connectivity index (χ2n) is 6.62. The van der Waals surface area contributed by atoms with Crippen LogP contribution in [0.4, 0.5) is 10.2 Å². The van der Waals surface area contributed by atoms with Gasteiger partial charge in [-0.3, -0.25) is 9.09 Å². The summed E-state index contributed by atoms with van der Waals surface area (Å²) in [6.45, 7) is -0.229. The average molecular weight is 460 g/mol. The van der Waals surface area contributed by atoms with Crippen LogP contribution in [0, 0.1) is 0 Å². The number of fused-ring (bicyclic) bond motifs is 1. The number of nitrogens with two attached hydrogens (primary N) is 1. The van der Waals surface area contributed by atoms with Gasteiger partial charge in [0.1, 0.15) is 30.5 Å². The van der Waals surface area contributed by atoms with E-state index in [4.69, 9.17) is 24.0 Å². The topological polar surface area (TPSA) is 138 Å². The maximum Gasteiger partial charge on any atom is 0.619 e. The standard InChI is InChI=1S/C17H19FN3O7PS/c1-25-10-4-2-3-9-7-26-29(24,28-15(9)10)27-8-11-14(22)13(18)16(30-11)21-6-5-12(19)20-17(21)23/h2-6,11,13-14,16,22,24H,7-8H2,1H3,(H-,19,20,23)/p+1/t11-,13+,14-,16-,29?/m1/s1. The number of thioether (sulfide) groups is 1. The Morgan fingerprint density at radius 1 is 1.47 bits per heavy atom. The van der Waals surface area contributed by atoms with Crippen LogP contribution in [0.3, 0.4) is 0 Å². The minimum atomic E-state index is -3.77. The first kappa shape index (κ1) is 21.3. The Morgan fingerprint density at radius 2 is 2.27 bits per heavy atom. The van der Waals surface area contributed by atoms with Crippen LogP contribution < -0.4 is 20.7 Å². The van der Waals surface area contributed by atoms with E-state index in [0.29, 0.717) is 17.1 Å². The zero-order valence-electron chi connectivity index (χ0n) is 15.8. The third kappa shape index (κ3) is 3.98. The Hall–Kier alpha value is -1.95. The zero-order chi connectivity index (χ0) is 21.5. The van der Waals surface area contributed by atoms with Crippen LogP contribution in [0.5, 0.6) is 11.5 Å². The third-order valence-corrected chi connectivity index (χ3v) is 7.57. The van der Waals surface area contributed by atoms with E-state index in [2.05, 4.69) is 4.98 Å². The maximum absolute atomic E-state index is 14.7. The van der Waals surface area contributed by atoms with Crippen LogP contribution in [0.15, 0.2) is 35.3 Å². The molecule has 1 aromatic carbocycles. The second kappa shape index (κ2) is 8.29. The van der Waals surface area contributed by atoms with Crippen LogP contribution >= 0.6 is 19.9 Å². The SMILES string of the molecule is COc1cccc2c1O[P+](O)(OC[C@H]1S[C@@H](n3ccc(N)nc3=O)[C@@H](F)[C@@H]1O)OC2. The van der Waals surface area contributed by atoms with Gasteiger partial charge in [0, 0.05) is 11.8 Å². The van der Waals surface area contributed by atoms with E-state index in [9.17, 15) is 19.2 Å². The lowest BCUT2D eigenvalue weighted by atomic mass is 10.1. The Bertz CT molecular complexity index is 984. The van der Waals surface area contributed by atoms with Crippen molar-refractivity contribution in [3.8, 4) is 11.5 Å². The first-order chi connectivity index (χ1) is 14.3. The number of alkyl halides is 1. The number of aromatic nitrogens is 2. The second-order valence-corrected chi connectivity index (χ2v) is 9.62. The molecule has 0 saturated carbocycles. The highest BCUT2D eigenvalue weighted by Crippen LogP contribution is 2.63. The lowest BCUT2D eigenvalue weighted by molar-refractivity contribution is 0.0511. The van der Waals surface area contributed by atoms with Crippen molar-refractivity contribution in [3.63, 3.8) is 0 Å². The number of rotatable bonds is 5. The summed E-state index contributed by atoms with van der Waals surface area (Å²) in [6.07, 6.45) is -1.88. The summed E-state index contributed by atoms with van der Waals surface area (Å²) in [5.74, 6) is 0.735. The average Bonchev–Trinajstić information content (AvgIpc) is 3.00. The van der Waals surface area contributed by atoms with Crippen LogP contribution in [0.1, 0.15) is 10.9 Å². The van der Waals surface area contributed by atoms with Crippen molar-refractivity contribution in [2.75, 3.05) is 19.5 Å². The van der Waals surface area contributed by atoms with Gasteiger partial charge in [0.15, 0.2) is 11.9 Å². The molecule has 0 bridgehead atoms. The van der Waals surface area contributed by atoms with Crippen molar-refractivity contribution >= 4 is 25.7 Å². The van der Waals surface area contributed by atoms with E-state index in [1.54, 1.807) is 18.2 Å². The van der Waals surface area contributed by atoms with E-state index in [-0.39, 0.29) is 19.0 Å². The van der Waals surface area contributed by atoms with Gasteiger partial charge < -0.3 is 15.6 Å². The summed E-state index contributed by atoms with van der Waals surface area (Å²) < 4.78 is 37.3. The molecule has 0 radical (unpaired) electrons. The van der Waals surface area contributed by atoms with Crippen LogP contribution in [-0.2, 0) is 15.7 Å². The zero-order valence-corrected chi connectivity index (χ0v) is 17.5. The van der Waals surface area contributed by atoms with E-state index in [1.165, 1.54) is 19.4 Å². The number of anilines is 1. The highest BCUT2D eigenvalue weighted by Gasteiger charge is 2.54. The minimum Gasteiger partial charge on any atom is -0.493 e. The number of benzene rings is 1. The van der Waals surface area contributed by atoms with Crippen LogP contribution in [0.2, 0.25) is 0 Å². The molecule has 1 unspecified atom stereocenters. The quantitative estimate of drug-likeness (QED) is 0.562. The number of aliphatic hydroxyl groups excluding tert-OH is 1.